The van der Waals surface area contributed by atoms with Crippen LogP contribution in [0.4, 0.5) is 0 Å². The summed E-state index contributed by atoms with van der Waals surface area (Å²) in [5.41, 5.74) is 1.01. The van der Waals surface area contributed by atoms with Crippen molar-refractivity contribution in [3.63, 3.8) is 0 Å². The van der Waals surface area contributed by atoms with Crippen LogP contribution in [0.5, 0.6) is 0 Å². The van der Waals surface area contributed by atoms with Gasteiger partial charge in [0.25, 0.3) is 0 Å². The van der Waals surface area contributed by atoms with E-state index in [4.69, 9.17) is 5.11 Å². The molecule has 1 saturated carbocycles. The van der Waals surface area contributed by atoms with Gasteiger partial charge in [0, 0.05) is 6.54 Å². The molecule has 4 nitrogen and oxygen atoms in total. The smallest absolute Gasteiger partial charge is 0.306 e. The molecule has 1 aromatic rings. The van der Waals surface area contributed by atoms with E-state index < -0.39 is 5.97 Å². The molecule has 1 aromatic heterocycles. The van der Waals surface area contributed by atoms with Crippen molar-refractivity contribution in [1.82, 2.24) is 5.32 Å². The Morgan fingerprint density at radius 3 is 2.94 bits per heavy atom. The highest BCUT2D eigenvalue weighted by Gasteiger charge is 2.32. The lowest BCUT2D eigenvalue weighted by atomic mass is 9.96. The van der Waals surface area contributed by atoms with Crippen LogP contribution < -0.4 is 5.32 Å². The minimum absolute atomic E-state index is 0.0237. The number of rotatable bonds is 5. The summed E-state index contributed by atoms with van der Waals surface area (Å²) in [4.78, 5) is 22.7. The van der Waals surface area contributed by atoms with Crippen LogP contribution in [0, 0.1) is 11.8 Å². The first-order valence-electron chi connectivity index (χ1n) is 6.17. The van der Waals surface area contributed by atoms with Crippen LogP contribution in [0.1, 0.15) is 24.8 Å². The average Bonchev–Trinajstić information content (AvgIpc) is 2.96. The van der Waals surface area contributed by atoms with E-state index in [9.17, 15) is 9.59 Å². The standard InChI is InChI=1S/C13H17NO3S/c15-12(6-9-4-5-18-8-9)14-7-10-2-1-3-11(10)13(16)17/h4-5,8,10-11H,1-3,6-7H2,(H,14,15)(H,16,17). The lowest BCUT2D eigenvalue weighted by Gasteiger charge is -2.16. The van der Waals surface area contributed by atoms with Crippen molar-refractivity contribution in [1.29, 1.82) is 0 Å². The third-order valence-corrected chi connectivity index (χ3v) is 4.21. The highest BCUT2D eigenvalue weighted by atomic mass is 32.1. The number of carbonyl (C=O) groups excluding carboxylic acids is 1. The zero-order chi connectivity index (χ0) is 13.0. The summed E-state index contributed by atoms with van der Waals surface area (Å²) in [6.07, 6.45) is 2.96. The molecule has 0 aromatic carbocycles. The predicted molar refractivity (Wildman–Crippen MR) is 69.5 cm³/mol. The molecule has 2 atom stereocenters. The molecule has 0 spiro atoms. The van der Waals surface area contributed by atoms with E-state index in [-0.39, 0.29) is 17.7 Å². The molecular formula is C13H17NO3S. The number of hydrogen-bond acceptors (Lipinski definition) is 3. The molecule has 1 aliphatic rings. The van der Waals surface area contributed by atoms with Crippen molar-refractivity contribution in [2.45, 2.75) is 25.7 Å². The van der Waals surface area contributed by atoms with Gasteiger partial charge in [0.05, 0.1) is 12.3 Å². The zero-order valence-corrected chi connectivity index (χ0v) is 10.9. The maximum Gasteiger partial charge on any atom is 0.306 e. The van der Waals surface area contributed by atoms with Crippen LogP contribution in [0.25, 0.3) is 0 Å². The van der Waals surface area contributed by atoms with Crippen molar-refractivity contribution in [2.75, 3.05) is 6.54 Å². The van der Waals surface area contributed by atoms with E-state index in [2.05, 4.69) is 5.32 Å². The van der Waals surface area contributed by atoms with E-state index >= 15 is 0 Å². The van der Waals surface area contributed by atoms with Gasteiger partial charge in [0.15, 0.2) is 0 Å². The van der Waals surface area contributed by atoms with E-state index in [1.165, 1.54) is 0 Å². The SMILES string of the molecule is O=C(Cc1ccsc1)NCC1CCCC1C(=O)O. The number of aliphatic carboxylic acids is 1. The van der Waals surface area contributed by atoms with Crippen molar-refractivity contribution in [3.8, 4) is 0 Å². The van der Waals surface area contributed by atoms with E-state index in [1.54, 1.807) is 11.3 Å². The molecule has 98 valence electrons. The molecule has 1 aliphatic carbocycles. The molecule has 1 amide bonds. The number of carbonyl (C=O) groups is 2. The minimum Gasteiger partial charge on any atom is -0.481 e. The van der Waals surface area contributed by atoms with E-state index in [0.29, 0.717) is 13.0 Å². The van der Waals surface area contributed by atoms with E-state index in [0.717, 1.165) is 24.8 Å². The Morgan fingerprint density at radius 1 is 1.44 bits per heavy atom. The van der Waals surface area contributed by atoms with Crippen LogP contribution in [0.2, 0.25) is 0 Å². The molecular weight excluding hydrogens is 250 g/mol. The molecule has 5 heteroatoms. The summed E-state index contributed by atoms with van der Waals surface area (Å²) < 4.78 is 0. The lowest BCUT2D eigenvalue weighted by molar-refractivity contribution is -0.143. The fourth-order valence-corrected chi connectivity index (χ4v) is 3.16. The second-order valence-electron chi connectivity index (χ2n) is 4.75. The van der Waals surface area contributed by atoms with Gasteiger partial charge in [-0.3, -0.25) is 9.59 Å². The molecule has 2 rings (SSSR count). The molecule has 1 heterocycles. The number of thiophene rings is 1. The van der Waals surface area contributed by atoms with Gasteiger partial charge in [-0.25, -0.2) is 0 Å². The highest BCUT2D eigenvalue weighted by molar-refractivity contribution is 7.07. The molecule has 2 unspecified atom stereocenters. The van der Waals surface area contributed by atoms with Crippen LogP contribution >= 0.6 is 11.3 Å². The molecule has 0 saturated heterocycles. The first-order valence-corrected chi connectivity index (χ1v) is 7.11. The monoisotopic (exact) mass is 267 g/mol. The van der Waals surface area contributed by atoms with Crippen molar-refractivity contribution >= 4 is 23.2 Å². The topological polar surface area (TPSA) is 66.4 Å². The summed E-state index contributed by atoms with van der Waals surface area (Å²) >= 11 is 1.57. The van der Waals surface area contributed by atoms with Crippen molar-refractivity contribution in [2.24, 2.45) is 11.8 Å². The zero-order valence-electron chi connectivity index (χ0n) is 10.1. The van der Waals surface area contributed by atoms with Gasteiger partial charge in [-0.15, -0.1) is 0 Å². The Balaban J connectivity index is 1.77. The molecule has 0 radical (unpaired) electrons. The summed E-state index contributed by atoms with van der Waals surface area (Å²) in [6, 6.07) is 1.93. The Kier molecular flexibility index (Phi) is 4.36. The maximum atomic E-state index is 11.7. The number of nitrogens with one attached hydrogen (secondary N) is 1. The molecule has 18 heavy (non-hydrogen) atoms. The summed E-state index contributed by atoms with van der Waals surface area (Å²) in [5.74, 6) is -0.950. The van der Waals surface area contributed by atoms with Gasteiger partial charge in [-0.05, 0) is 41.1 Å². The highest BCUT2D eigenvalue weighted by Crippen LogP contribution is 2.31. The Labute approximate surface area is 110 Å². The Bertz CT molecular complexity index is 416. The quantitative estimate of drug-likeness (QED) is 0.856. The second kappa shape index (κ2) is 6.00. The van der Waals surface area contributed by atoms with Crippen LogP contribution in [-0.2, 0) is 16.0 Å². The summed E-state index contributed by atoms with van der Waals surface area (Å²) in [5, 5.41) is 15.8. The molecule has 0 bridgehead atoms. The number of amides is 1. The van der Waals surface area contributed by atoms with Gasteiger partial charge >= 0.3 is 5.97 Å². The van der Waals surface area contributed by atoms with Gasteiger partial charge in [-0.2, -0.15) is 11.3 Å². The van der Waals surface area contributed by atoms with Crippen molar-refractivity contribution in [3.05, 3.63) is 22.4 Å². The average molecular weight is 267 g/mol. The molecule has 2 N–H and O–H groups in total. The van der Waals surface area contributed by atoms with E-state index in [1.807, 2.05) is 16.8 Å². The fourth-order valence-electron chi connectivity index (χ4n) is 2.49. The number of carboxylic acids is 1. The van der Waals surface area contributed by atoms with Gasteiger partial charge in [0.2, 0.25) is 5.91 Å². The van der Waals surface area contributed by atoms with Gasteiger partial charge < -0.3 is 10.4 Å². The fraction of sp³-hybridized carbons (Fsp3) is 0.538. The van der Waals surface area contributed by atoms with Crippen molar-refractivity contribution < 1.29 is 14.7 Å². The third-order valence-electron chi connectivity index (χ3n) is 3.48. The molecule has 1 fully saturated rings. The predicted octanol–water partition coefficient (Wildman–Crippen LogP) is 1.91. The lowest BCUT2D eigenvalue weighted by Crippen LogP contribution is -2.33. The van der Waals surface area contributed by atoms with Crippen LogP contribution in [0.3, 0.4) is 0 Å². The van der Waals surface area contributed by atoms with Gasteiger partial charge in [0.1, 0.15) is 0 Å². The van der Waals surface area contributed by atoms with Gasteiger partial charge in [-0.1, -0.05) is 6.42 Å². The Hall–Kier alpha value is -1.36. The Morgan fingerprint density at radius 2 is 2.28 bits per heavy atom. The summed E-state index contributed by atoms with van der Waals surface area (Å²) in [6.45, 7) is 0.486. The van der Waals surface area contributed by atoms with Crippen LogP contribution in [-0.4, -0.2) is 23.5 Å². The summed E-state index contributed by atoms with van der Waals surface area (Å²) in [7, 11) is 0. The second-order valence-corrected chi connectivity index (χ2v) is 5.53. The third kappa shape index (κ3) is 3.32. The molecule has 0 aliphatic heterocycles. The largest absolute Gasteiger partial charge is 0.481 e. The minimum atomic E-state index is -0.732. The first kappa shape index (κ1) is 13.1. The first-order chi connectivity index (χ1) is 8.66. The normalized spacial score (nSPS) is 22.9. The number of hydrogen-bond donors (Lipinski definition) is 2. The maximum absolute atomic E-state index is 11.7. The number of carboxylic acid groups (broad SMARTS) is 1. The van der Waals surface area contributed by atoms with Crippen LogP contribution in [0.15, 0.2) is 16.8 Å².